The highest BCUT2D eigenvalue weighted by Gasteiger charge is 2.25. The first-order chi connectivity index (χ1) is 10.6. The van der Waals surface area contributed by atoms with E-state index in [1.165, 1.54) is 17.4 Å². The Bertz CT molecular complexity index is 692. The standard InChI is InChI=1S/C16H18FN3OS/c1-11-14(16(21)20-9-7-19(2)8-10-20)22-15(18-11)12-5-3-4-6-13(12)17/h3-6H,7-10H2,1-2H3. The van der Waals surface area contributed by atoms with Crippen LogP contribution in [0.3, 0.4) is 0 Å². The van der Waals surface area contributed by atoms with Crippen LogP contribution in [0.5, 0.6) is 0 Å². The fraction of sp³-hybridized carbons (Fsp3) is 0.375. The quantitative estimate of drug-likeness (QED) is 0.854. The van der Waals surface area contributed by atoms with Crippen molar-refractivity contribution >= 4 is 17.2 Å². The molecule has 0 atom stereocenters. The molecule has 22 heavy (non-hydrogen) atoms. The van der Waals surface area contributed by atoms with Gasteiger partial charge >= 0.3 is 0 Å². The van der Waals surface area contributed by atoms with E-state index in [4.69, 9.17) is 0 Å². The van der Waals surface area contributed by atoms with Crippen LogP contribution in [0.15, 0.2) is 24.3 Å². The zero-order valence-electron chi connectivity index (χ0n) is 12.7. The van der Waals surface area contributed by atoms with E-state index in [0.717, 1.165) is 26.2 Å². The average molecular weight is 319 g/mol. The lowest BCUT2D eigenvalue weighted by atomic mass is 10.2. The molecule has 1 amide bonds. The highest BCUT2D eigenvalue weighted by atomic mass is 32.1. The number of carbonyl (C=O) groups excluding carboxylic acids is 1. The maximum Gasteiger partial charge on any atom is 0.265 e. The Morgan fingerprint density at radius 1 is 1.23 bits per heavy atom. The van der Waals surface area contributed by atoms with Gasteiger partial charge < -0.3 is 9.80 Å². The van der Waals surface area contributed by atoms with Gasteiger partial charge in [-0.2, -0.15) is 0 Å². The molecule has 4 nitrogen and oxygen atoms in total. The first kappa shape index (κ1) is 15.1. The summed E-state index contributed by atoms with van der Waals surface area (Å²) >= 11 is 1.27. The largest absolute Gasteiger partial charge is 0.335 e. The number of carbonyl (C=O) groups is 1. The number of piperazine rings is 1. The van der Waals surface area contributed by atoms with Gasteiger partial charge in [0, 0.05) is 31.7 Å². The molecule has 3 rings (SSSR count). The maximum absolute atomic E-state index is 13.9. The van der Waals surface area contributed by atoms with Gasteiger partial charge in [0.1, 0.15) is 15.7 Å². The Morgan fingerprint density at radius 2 is 1.91 bits per heavy atom. The van der Waals surface area contributed by atoms with Crippen LogP contribution < -0.4 is 0 Å². The van der Waals surface area contributed by atoms with Gasteiger partial charge in [-0.05, 0) is 26.1 Å². The SMILES string of the molecule is Cc1nc(-c2ccccc2F)sc1C(=O)N1CCN(C)CC1. The third-order valence-corrected chi connectivity index (χ3v) is 5.06. The number of aryl methyl sites for hydroxylation is 1. The highest BCUT2D eigenvalue weighted by Crippen LogP contribution is 2.30. The number of benzene rings is 1. The topological polar surface area (TPSA) is 36.4 Å². The molecule has 0 aliphatic carbocycles. The third kappa shape index (κ3) is 2.89. The van der Waals surface area contributed by atoms with Crippen LogP contribution in [-0.4, -0.2) is 53.9 Å². The van der Waals surface area contributed by atoms with Crippen LogP contribution in [0.4, 0.5) is 4.39 Å². The molecule has 0 radical (unpaired) electrons. The number of hydrogen-bond donors (Lipinski definition) is 0. The number of aromatic nitrogens is 1. The fourth-order valence-electron chi connectivity index (χ4n) is 2.50. The lowest BCUT2D eigenvalue weighted by Crippen LogP contribution is -2.47. The molecule has 1 saturated heterocycles. The Morgan fingerprint density at radius 3 is 2.59 bits per heavy atom. The zero-order chi connectivity index (χ0) is 15.7. The molecule has 0 spiro atoms. The molecule has 0 unspecified atom stereocenters. The summed E-state index contributed by atoms with van der Waals surface area (Å²) in [5, 5.41) is 0.563. The minimum atomic E-state index is -0.310. The molecule has 0 N–H and O–H groups in total. The third-order valence-electron chi connectivity index (χ3n) is 3.89. The minimum Gasteiger partial charge on any atom is -0.335 e. The Balaban J connectivity index is 1.86. The van der Waals surface area contributed by atoms with Gasteiger partial charge in [-0.15, -0.1) is 11.3 Å². The van der Waals surface area contributed by atoms with Crippen molar-refractivity contribution in [1.29, 1.82) is 0 Å². The minimum absolute atomic E-state index is 0.00527. The van der Waals surface area contributed by atoms with Crippen molar-refractivity contribution in [2.75, 3.05) is 33.2 Å². The lowest BCUT2D eigenvalue weighted by Gasteiger charge is -2.32. The van der Waals surface area contributed by atoms with Gasteiger partial charge in [0.2, 0.25) is 0 Å². The van der Waals surface area contributed by atoms with E-state index in [1.807, 2.05) is 11.8 Å². The predicted octanol–water partition coefficient (Wildman–Crippen LogP) is 2.65. The van der Waals surface area contributed by atoms with E-state index in [9.17, 15) is 9.18 Å². The van der Waals surface area contributed by atoms with Gasteiger partial charge in [0.15, 0.2) is 0 Å². The Hall–Kier alpha value is -1.79. The van der Waals surface area contributed by atoms with Crippen molar-refractivity contribution in [2.45, 2.75) is 6.92 Å². The van der Waals surface area contributed by atoms with Crippen molar-refractivity contribution in [1.82, 2.24) is 14.8 Å². The van der Waals surface area contributed by atoms with Crippen LogP contribution >= 0.6 is 11.3 Å². The second kappa shape index (κ2) is 6.14. The monoisotopic (exact) mass is 319 g/mol. The first-order valence-electron chi connectivity index (χ1n) is 7.26. The molecule has 6 heteroatoms. The molecule has 1 fully saturated rings. The summed E-state index contributed by atoms with van der Waals surface area (Å²) in [6.45, 7) is 5.01. The molecule has 1 aromatic heterocycles. The van der Waals surface area contributed by atoms with E-state index in [0.29, 0.717) is 21.1 Å². The number of halogens is 1. The van der Waals surface area contributed by atoms with E-state index in [1.54, 1.807) is 18.2 Å². The van der Waals surface area contributed by atoms with Crippen LogP contribution in [0.25, 0.3) is 10.6 Å². The molecule has 1 aliphatic heterocycles. The average Bonchev–Trinajstić information content (AvgIpc) is 2.89. The second-order valence-corrected chi connectivity index (χ2v) is 6.51. The van der Waals surface area contributed by atoms with Crippen LogP contribution in [0.1, 0.15) is 15.4 Å². The van der Waals surface area contributed by atoms with Crippen molar-refractivity contribution in [3.05, 3.63) is 40.7 Å². The number of amides is 1. The molecule has 2 aromatic rings. The fourth-order valence-corrected chi connectivity index (χ4v) is 3.56. The number of likely N-dealkylation sites (N-methyl/N-ethyl adjacent to an activating group) is 1. The number of nitrogens with zero attached hydrogens (tertiary/aromatic N) is 3. The predicted molar refractivity (Wildman–Crippen MR) is 85.6 cm³/mol. The van der Waals surface area contributed by atoms with Crippen LogP contribution in [-0.2, 0) is 0 Å². The van der Waals surface area contributed by atoms with E-state index in [-0.39, 0.29) is 11.7 Å². The molecule has 2 heterocycles. The maximum atomic E-state index is 13.9. The highest BCUT2D eigenvalue weighted by molar-refractivity contribution is 7.17. The summed E-state index contributed by atoms with van der Waals surface area (Å²) in [4.78, 5) is 21.7. The Labute approximate surface area is 133 Å². The molecular formula is C16H18FN3OS. The molecule has 1 aromatic carbocycles. The van der Waals surface area contributed by atoms with Gasteiger partial charge in [-0.1, -0.05) is 12.1 Å². The van der Waals surface area contributed by atoms with Crippen molar-refractivity contribution in [3.8, 4) is 10.6 Å². The molecule has 0 saturated carbocycles. The van der Waals surface area contributed by atoms with E-state index in [2.05, 4.69) is 16.9 Å². The smallest absolute Gasteiger partial charge is 0.265 e. The summed E-state index contributed by atoms with van der Waals surface area (Å²) < 4.78 is 13.9. The number of rotatable bonds is 2. The molecular weight excluding hydrogens is 301 g/mol. The van der Waals surface area contributed by atoms with Crippen LogP contribution in [0.2, 0.25) is 0 Å². The van der Waals surface area contributed by atoms with Crippen molar-refractivity contribution < 1.29 is 9.18 Å². The summed E-state index contributed by atoms with van der Waals surface area (Å²) in [5.41, 5.74) is 1.13. The molecule has 1 aliphatic rings. The number of thiazole rings is 1. The summed E-state index contributed by atoms with van der Waals surface area (Å²) in [6.07, 6.45) is 0. The van der Waals surface area contributed by atoms with Gasteiger partial charge in [0.25, 0.3) is 5.91 Å². The van der Waals surface area contributed by atoms with Crippen LogP contribution in [0, 0.1) is 12.7 Å². The second-order valence-electron chi connectivity index (χ2n) is 5.51. The summed E-state index contributed by atoms with van der Waals surface area (Å²) in [5.74, 6) is -0.305. The van der Waals surface area contributed by atoms with E-state index < -0.39 is 0 Å². The molecule has 0 bridgehead atoms. The van der Waals surface area contributed by atoms with Gasteiger partial charge in [0.05, 0.1) is 5.69 Å². The summed E-state index contributed by atoms with van der Waals surface area (Å²) in [6, 6.07) is 6.53. The van der Waals surface area contributed by atoms with Gasteiger partial charge in [-0.3, -0.25) is 4.79 Å². The lowest BCUT2D eigenvalue weighted by molar-refractivity contribution is 0.0668. The van der Waals surface area contributed by atoms with E-state index >= 15 is 0 Å². The summed E-state index contributed by atoms with van der Waals surface area (Å²) in [7, 11) is 2.05. The first-order valence-corrected chi connectivity index (χ1v) is 8.08. The molecule has 116 valence electrons. The van der Waals surface area contributed by atoms with Crippen molar-refractivity contribution in [3.63, 3.8) is 0 Å². The zero-order valence-corrected chi connectivity index (χ0v) is 13.5. The Kier molecular flexibility index (Phi) is 4.22. The normalized spacial score (nSPS) is 16.0. The van der Waals surface area contributed by atoms with Crippen molar-refractivity contribution in [2.24, 2.45) is 0 Å². The van der Waals surface area contributed by atoms with Gasteiger partial charge in [-0.25, -0.2) is 9.37 Å². The number of hydrogen-bond acceptors (Lipinski definition) is 4.